The molecule has 0 fully saturated rings. The molecule has 0 unspecified atom stereocenters. The molecule has 2 heterocycles. The Bertz CT molecular complexity index is 604. The van der Waals surface area contributed by atoms with Crippen LogP contribution >= 0.6 is 0 Å². The van der Waals surface area contributed by atoms with Crippen molar-refractivity contribution in [2.75, 3.05) is 31.4 Å². The first-order valence-corrected chi connectivity index (χ1v) is 5.83. The van der Waals surface area contributed by atoms with Gasteiger partial charge in [0, 0.05) is 27.2 Å². The second-order valence-electron chi connectivity index (χ2n) is 4.25. The average molecular weight is 260 g/mol. The largest absolute Gasteiger partial charge is 0.376 e. The van der Waals surface area contributed by atoms with Crippen LogP contribution in [-0.2, 0) is 6.54 Å². The Morgan fingerprint density at radius 3 is 2.58 bits per heavy atom. The van der Waals surface area contributed by atoms with Gasteiger partial charge in [-0.25, -0.2) is 9.67 Å². The van der Waals surface area contributed by atoms with Crippen LogP contribution in [0.15, 0.2) is 29.5 Å². The van der Waals surface area contributed by atoms with Gasteiger partial charge < -0.3 is 10.2 Å². The van der Waals surface area contributed by atoms with Gasteiger partial charge in [-0.05, 0) is 0 Å². The fourth-order valence-electron chi connectivity index (χ4n) is 1.51. The molecule has 0 bridgehead atoms. The van der Waals surface area contributed by atoms with E-state index in [-0.39, 0.29) is 5.56 Å². The number of nitrogens with zero attached hydrogens (tertiary/aromatic N) is 5. The van der Waals surface area contributed by atoms with Gasteiger partial charge in [0.15, 0.2) is 0 Å². The van der Waals surface area contributed by atoms with Gasteiger partial charge in [-0.1, -0.05) is 0 Å². The Hall–Kier alpha value is -2.44. The molecule has 100 valence electrons. The Balaban J connectivity index is 2.21. The van der Waals surface area contributed by atoms with Crippen molar-refractivity contribution >= 4 is 11.5 Å². The van der Waals surface area contributed by atoms with Gasteiger partial charge in [-0.15, -0.1) is 0 Å². The van der Waals surface area contributed by atoms with Crippen LogP contribution in [0, 0.1) is 0 Å². The van der Waals surface area contributed by atoms with Crippen molar-refractivity contribution in [3.05, 3.63) is 40.7 Å². The van der Waals surface area contributed by atoms with E-state index in [0.717, 1.165) is 5.69 Å². The van der Waals surface area contributed by atoms with Gasteiger partial charge in [0.05, 0.1) is 36.5 Å². The number of nitrogens with one attached hydrogen (secondary N) is 1. The summed E-state index contributed by atoms with van der Waals surface area (Å²) in [5.41, 5.74) is 1.30. The summed E-state index contributed by atoms with van der Waals surface area (Å²) in [6.45, 7) is 0.309. The maximum Gasteiger partial charge on any atom is 0.269 e. The van der Waals surface area contributed by atoms with E-state index in [0.29, 0.717) is 18.1 Å². The molecule has 19 heavy (non-hydrogen) atoms. The fraction of sp³-hybridized carbons (Fsp3) is 0.333. The summed E-state index contributed by atoms with van der Waals surface area (Å²) >= 11 is 0. The molecule has 0 spiro atoms. The van der Waals surface area contributed by atoms with E-state index >= 15 is 0 Å². The van der Waals surface area contributed by atoms with Gasteiger partial charge in [0.2, 0.25) is 0 Å². The number of hydrogen-bond acceptors (Lipinski definition) is 6. The fourth-order valence-corrected chi connectivity index (χ4v) is 1.51. The molecule has 2 aromatic rings. The monoisotopic (exact) mass is 260 g/mol. The molecule has 0 aliphatic carbocycles. The predicted molar refractivity (Wildman–Crippen MR) is 73.5 cm³/mol. The molecule has 0 amide bonds. The lowest BCUT2D eigenvalue weighted by Crippen LogP contribution is -2.25. The summed E-state index contributed by atoms with van der Waals surface area (Å²) in [5, 5.41) is 7.00. The highest BCUT2D eigenvalue weighted by Crippen LogP contribution is 2.04. The minimum absolute atomic E-state index is 0.161. The third-order valence-corrected chi connectivity index (χ3v) is 2.64. The third-order valence-electron chi connectivity index (χ3n) is 2.64. The first-order chi connectivity index (χ1) is 9.10. The van der Waals surface area contributed by atoms with Crippen molar-refractivity contribution in [1.82, 2.24) is 19.7 Å². The van der Waals surface area contributed by atoms with E-state index in [1.165, 1.54) is 4.68 Å². The number of rotatable bonds is 4. The first kappa shape index (κ1) is 13.0. The number of hydrogen-bond donors (Lipinski definition) is 1. The quantitative estimate of drug-likeness (QED) is 0.845. The van der Waals surface area contributed by atoms with E-state index in [2.05, 4.69) is 20.4 Å². The van der Waals surface area contributed by atoms with E-state index < -0.39 is 0 Å². The molecule has 1 N–H and O–H groups in total. The summed E-state index contributed by atoms with van der Waals surface area (Å²) < 4.78 is 1.36. The van der Waals surface area contributed by atoms with Gasteiger partial charge in [-0.3, -0.25) is 9.78 Å². The molecular formula is C12H16N6O. The van der Waals surface area contributed by atoms with Crippen LogP contribution in [0.25, 0.3) is 0 Å². The molecule has 0 atom stereocenters. The van der Waals surface area contributed by atoms with Crippen molar-refractivity contribution in [3.63, 3.8) is 0 Å². The molecule has 7 heteroatoms. The van der Waals surface area contributed by atoms with E-state index in [9.17, 15) is 4.79 Å². The zero-order valence-corrected chi connectivity index (χ0v) is 11.2. The molecule has 2 aromatic heterocycles. The van der Waals surface area contributed by atoms with Crippen LogP contribution in [0.1, 0.15) is 5.69 Å². The van der Waals surface area contributed by atoms with Gasteiger partial charge >= 0.3 is 0 Å². The lowest BCUT2D eigenvalue weighted by atomic mass is 10.4. The number of anilines is 2. The minimum Gasteiger partial charge on any atom is -0.376 e. The lowest BCUT2D eigenvalue weighted by molar-refractivity contribution is 0.625. The minimum atomic E-state index is -0.161. The number of aromatic nitrogens is 4. The standard InChI is InChI=1S/C12H16N6O/c1-13-11-7-14-9(5-15-11)8-18-12(19)4-10(6-16-18)17(2)3/h4-7H,8H2,1-3H3,(H,13,15). The molecule has 2 rings (SSSR count). The highest BCUT2D eigenvalue weighted by Gasteiger charge is 2.04. The molecule has 0 aromatic carbocycles. The SMILES string of the molecule is CNc1cnc(Cn2ncc(N(C)C)cc2=O)cn1. The third kappa shape index (κ3) is 3.06. The Labute approximate surface area is 110 Å². The van der Waals surface area contributed by atoms with Crippen LogP contribution in [0.5, 0.6) is 0 Å². The summed E-state index contributed by atoms with van der Waals surface area (Å²) in [6.07, 6.45) is 4.89. The second kappa shape index (κ2) is 5.47. The van der Waals surface area contributed by atoms with Crippen LogP contribution in [0.4, 0.5) is 11.5 Å². The Kier molecular flexibility index (Phi) is 3.74. The van der Waals surface area contributed by atoms with E-state index in [1.54, 1.807) is 31.7 Å². The molecular weight excluding hydrogens is 244 g/mol. The molecule has 7 nitrogen and oxygen atoms in total. The normalized spacial score (nSPS) is 10.3. The Morgan fingerprint density at radius 1 is 1.26 bits per heavy atom. The lowest BCUT2D eigenvalue weighted by Gasteiger charge is -2.12. The van der Waals surface area contributed by atoms with Crippen LogP contribution in [-0.4, -0.2) is 40.9 Å². The molecule has 0 saturated carbocycles. The van der Waals surface area contributed by atoms with Crippen molar-refractivity contribution in [2.45, 2.75) is 6.54 Å². The van der Waals surface area contributed by atoms with E-state index in [4.69, 9.17) is 0 Å². The molecule has 0 saturated heterocycles. The molecule has 0 aliphatic heterocycles. The van der Waals surface area contributed by atoms with Crippen LogP contribution < -0.4 is 15.8 Å². The topological polar surface area (TPSA) is 75.9 Å². The summed E-state index contributed by atoms with van der Waals surface area (Å²) in [7, 11) is 5.50. The van der Waals surface area contributed by atoms with Gasteiger partial charge in [-0.2, -0.15) is 5.10 Å². The van der Waals surface area contributed by atoms with Gasteiger partial charge in [0.25, 0.3) is 5.56 Å². The summed E-state index contributed by atoms with van der Waals surface area (Å²) in [6, 6.07) is 1.54. The summed E-state index contributed by atoms with van der Waals surface area (Å²) in [5.74, 6) is 0.687. The van der Waals surface area contributed by atoms with Crippen molar-refractivity contribution in [3.8, 4) is 0 Å². The van der Waals surface area contributed by atoms with Crippen LogP contribution in [0.3, 0.4) is 0 Å². The van der Waals surface area contributed by atoms with Gasteiger partial charge in [0.1, 0.15) is 5.82 Å². The molecule has 0 radical (unpaired) electrons. The van der Waals surface area contributed by atoms with Crippen LogP contribution in [0.2, 0.25) is 0 Å². The zero-order chi connectivity index (χ0) is 13.8. The van der Waals surface area contributed by atoms with Crippen molar-refractivity contribution in [1.29, 1.82) is 0 Å². The highest BCUT2D eigenvalue weighted by atomic mass is 16.1. The smallest absolute Gasteiger partial charge is 0.269 e. The predicted octanol–water partition coefficient (Wildman–Crippen LogP) is 0.189. The first-order valence-electron chi connectivity index (χ1n) is 5.83. The van der Waals surface area contributed by atoms with E-state index in [1.807, 2.05) is 19.0 Å². The Morgan fingerprint density at radius 2 is 2.05 bits per heavy atom. The summed E-state index contributed by atoms with van der Waals surface area (Å²) in [4.78, 5) is 22.1. The van der Waals surface area contributed by atoms with Crippen molar-refractivity contribution in [2.24, 2.45) is 0 Å². The zero-order valence-electron chi connectivity index (χ0n) is 11.2. The molecule has 0 aliphatic rings. The average Bonchev–Trinajstić information content (AvgIpc) is 2.41. The maximum atomic E-state index is 11.9. The van der Waals surface area contributed by atoms with Crippen molar-refractivity contribution < 1.29 is 0 Å². The second-order valence-corrected chi connectivity index (χ2v) is 4.25. The highest BCUT2D eigenvalue weighted by molar-refractivity contribution is 5.40. The maximum absolute atomic E-state index is 11.9.